The summed E-state index contributed by atoms with van der Waals surface area (Å²) in [6.45, 7) is 10.1. The topological polar surface area (TPSA) is 99.2 Å². The largest absolute Gasteiger partial charge is 0.443 e. The average Bonchev–Trinajstić information content (AvgIpc) is 3.24. The summed E-state index contributed by atoms with van der Waals surface area (Å²) in [5, 5.41) is 5.98. The molecule has 0 aliphatic carbocycles. The minimum atomic E-state index is -0.566. The number of hydrogen-bond acceptors (Lipinski definition) is 6. The zero-order chi connectivity index (χ0) is 21.8. The molecule has 0 radical (unpaired) electrons. The number of benzene rings is 1. The highest BCUT2D eigenvalue weighted by molar-refractivity contribution is 6.35. The van der Waals surface area contributed by atoms with Crippen LogP contribution in [0.2, 0.25) is 5.02 Å². The van der Waals surface area contributed by atoms with E-state index in [1.807, 2.05) is 51.4 Å². The summed E-state index contributed by atoms with van der Waals surface area (Å²) in [5.41, 5.74) is 9.31. The number of rotatable bonds is 2. The Morgan fingerprint density at radius 2 is 2.00 bits per heavy atom. The summed E-state index contributed by atoms with van der Waals surface area (Å²) in [6, 6.07) is 3.84. The zero-order valence-corrected chi connectivity index (χ0v) is 18.5. The number of carbonyl (C=O) groups excluding carboxylic acids is 1. The molecule has 0 saturated carbocycles. The normalized spacial score (nSPS) is 13.9. The molecule has 0 bridgehead atoms. The average molecular weight is 429 g/mol. The molecule has 2 aromatic heterocycles. The van der Waals surface area contributed by atoms with Crippen LogP contribution < -0.4 is 10.6 Å². The van der Waals surface area contributed by atoms with Gasteiger partial charge in [0.05, 0.1) is 16.1 Å². The Labute approximate surface area is 180 Å². The van der Waals surface area contributed by atoms with Crippen LogP contribution in [0.1, 0.15) is 46.2 Å². The van der Waals surface area contributed by atoms with E-state index in [4.69, 9.17) is 27.2 Å². The predicted molar refractivity (Wildman–Crippen MR) is 118 cm³/mol. The number of nitrogen functional groups attached to an aromatic ring is 1. The minimum absolute atomic E-state index is 0.0893. The first-order valence-electron chi connectivity index (χ1n) is 9.89. The van der Waals surface area contributed by atoms with Gasteiger partial charge in [0, 0.05) is 18.2 Å². The molecule has 2 N–H and O–H groups in total. The van der Waals surface area contributed by atoms with Crippen molar-refractivity contribution in [3.05, 3.63) is 29.0 Å². The number of halogens is 1. The smallest absolute Gasteiger partial charge is 0.414 e. The lowest BCUT2D eigenvalue weighted by Gasteiger charge is -2.25. The Bertz CT molecular complexity index is 1150. The van der Waals surface area contributed by atoms with Crippen molar-refractivity contribution in [2.75, 3.05) is 17.2 Å². The van der Waals surface area contributed by atoms with Crippen LogP contribution >= 0.6 is 11.6 Å². The van der Waals surface area contributed by atoms with Gasteiger partial charge >= 0.3 is 6.09 Å². The number of amides is 1. The molecule has 0 atom stereocenters. The van der Waals surface area contributed by atoms with Gasteiger partial charge in [-0.2, -0.15) is 5.10 Å². The molecule has 30 heavy (non-hydrogen) atoms. The predicted octanol–water partition coefficient (Wildman–Crippen LogP) is 4.61. The third-order valence-electron chi connectivity index (χ3n) is 4.97. The Morgan fingerprint density at radius 3 is 2.67 bits per heavy atom. The SMILES string of the molecule is CC(C)n1nc(-c2ccc3c(c2Cl)CCN3C(=O)OC(C)(C)C)c2c(N)ncnc21. The van der Waals surface area contributed by atoms with Gasteiger partial charge in [-0.15, -0.1) is 0 Å². The van der Waals surface area contributed by atoms with Gasteiger partial charge in [0.15, 0.2) is 5.65 Å². The second kappa shape index (κ2) is 7.12. The molecule has 0 fully saturated rings. The standard InChI is InChI=1S/C21H25ClN6O2/c1-11(2)28-19-15(18(23)24-10-25-19)17(26-28)13-6-7-14-12(16(13)22)8-9-27(14)20(29)30-21(3,4)5/h6-7,10-11H,8-9H2,1-5H3,(H2,23,24,25). The van der Waals surface area contributed by atoms with Crippen molar-refractivity contribution < 1.29 is 9.53 Å². The first-order chi connectivity index (χ1) is 14.1. The Hall–Kier alpha value is -2.87. The van der Waals surface area contributed by atoms with Crippen LogP contribution in [0.15, 0.2) is 18.5 Å². The lowest BCUT2D eigenvalue weighted by Crippen LogP contribution is -2.35. The molecule has 8 nitrogen and oxygen atoms in total. The van der Waals surface area contributed by atoms with Gasteiger partial charge in [-0.25, -0.2) is 19.4 Å². The fraction of sp³-hybridized carbons (Fsp3) is 0.429. The number of aromatic nitrogens is 4. The zero-order valence-electron chi connectivity index (χ0n) is 17.7. The molecule has 3 aromatic rings. The molecule has 1 aromatic carbocycles. The number of carbonyl (C=O) groups is 1. The number of ether oxygens (including phenoxy) is 1. The summed E-state index contributed by atoms with van der Waals surface area (Å²) in [7, 11) is 0. The van der Waals surface area contributed by atoms with Gasteiger partial charge in [0.25, 0.3) is 0 Å². The van der Waals surface area contributed by atoms with Gasteiger partial charge < -0.3 is 10.5 Å². The van der Waals surface area contributed by atoms with Gasteiger partial charge in [0.2, 0.25) is 0 Å². The molecule has 1 amide bonds. The first kappa shape index (κ1) is 20.4. The van der Waals surface area contributed by atoms with Crippen molar-refractivity contribution in [2.45, 2.75) is 52.7 Å². The third kappa shape index (κ3) is 3.35. The van der Waals surface area contributed by atoms with E-state index in [1.54, 1.807) is 4.90 Å². The van der Waals surface area contributed by atoms with E-state index in [9.17, 15) is 4.79 Å². The van der Waals surface area contributed by atoms with Gasteiger partial charge in [-0.05, 0) is 58.7 Å². The molecule has 0 unspecified atom stereocenters. The minimum Gasteiger partial charge on any atom is -0.443 e. The summed E-state index contributed by atoms with van der Waals surface area (Å²) in [4.78, 5) is 22.7. The number of anilines is 2. The maximum absolute atomic E-state index is 12.6. The van der Waals surface area contributed by atoms with Crippen molar-refractivity contribution in [3.63, 3.8) is 0 Å². The van der Waals surface area contributed by atoms with E-state index in [-0.39, 0.29) is 12.1 Å². The van der Waals surface area contributed by atoms with Gasteiger partial charge in [-0.3, -0.25) is 4.90 Å². The molecule has 158 valence electrons. The van der Waals surface area contributed by atoms with E-state index in [0.29, 0.717) is 40.5 Å². The molecular weight excluding hydrogens is 404 g/mol. The first-order valence-corrected chi connectivity index (χ1v) is 10.3. The Morgan fingerprint density at radius 1 is 1.27 bits per heavy atom. The summed E-state index contributed by atoms with van der Waals surface area (Å²) < 4.78 is 7.35. The molecule has 3 heterocycles. The number of fused-ring (bicyclic) bond motifs is 2. The number of nitrogens with zero attached hydrogens (tertiary/aromatic N) is 5. The molecule has 1 aliphatic heterocycles. The second-order valence-corrected chi connectivity index (χ2v) is 9.03. The Balaban J connectivity index is 1.82. The van der Waals surface area contributed by atoms with Crippen LogP contribution in [0.25, 0.3) is 22.3 Å². The third-order valence-corrected chi connectivity index (χ3v) is 5.40. The van der Waals surface area contributed by atoms with Crippen LogP contribution in [0.3, 0.4) is 0 Å². The van der Waals surface area contributed by atoms with Crippen LogP contribution in [0.4, 0.5) is 16.3 Å². The van der Waals surface area contributed by atoms with E-state index in [1.165, 1.54) is 6.33 Å². The highest BCUT2D eigenvalue weighted by atomic mass is 35.5. The number of nitrogens with two attached hydrogens (primary N) is 1. The van der Waals surface area contributed by atoms with Crippen LogP contribution in [-0.2, 0) is 11.2 Å². The lowest BCUT2D eigenvalue weighted by atomic mass is 10.0. The lowest BCUT2D eigenvalue weighted by molar-refractivity contribution is 0.0584. The van der Waals surface area contributed by atoms with E-state index >= 15 is 0 Å². The molecule has 4 rings (SSSR count). The quantitative estimate of drug-likeness (QED) is 0.639. The molecule has 9 heteroatoms. The van der Waals surface area contributed by atoms with Crippen LogP contribution in [-0.4, -0.2) is 38.0 Å². The summed E-state index contributed by atoms with van der Waals surface area (Å²) >= 11 is 6.82. The van der Waals surface area contributed by atoms with Crippen LogP contribution in [0.5, 0.6) is 0 Å². The van der Waals surface area contributed by atoms with Crippen molar-refractivity contribution in [1.29, 1.82) is 0 Å². The van der Waals surface area contributed by atoms with Crippen molar-refractivity contribution in [2.24, 2.45) is 0 Å². The molecule has 0 spiro atoms. The Kier molecular flexibility index (Phi) is 4.85. The highest BCUT2D eigenvalue weighted by Crippen LogP contribution is 2.42. The van der Waals surface area contributed by atoms with Crippen LogP contribution in [0, 0.1) is 0 Å². The second-order valence-electron chi connectivity index (χ2n) is 8.65. The fourth-order valence-electron chi connectivity index (χ4n) is 3.68. The highest BCUT2D eigenvalue weighted by Gasteiger charge is 2.32. The fourth-order valence-corrected chi connectivity index (χ4v) is 4.02. The van der Waals surface area contributed by atoms with Crippen molar-refractivity contribution >= 4 is 40.2 Å². The van der Waals surface area contributed by atoms with E-state index < -0.39 is 5.60 Å². The monoisotopic (exact) mass is 428 g/mol. The molecular formula is C21H25ClN6O2. The van der Waals surface area contributed by atoms with Gasteiger partial charge in [-0.1, -0.05) is 11.6 Å². The van der Waals surface area contributed by atoms with Gasteiger partial charge in [0.1, 0.15) is 23.4 Å². The molecule has 0 saturated heterocycles. The maximum atomic E-state index is 12.6. The summed E-state index contributed by atoms with van der Waals surface area (Å²) in [5.74, 6) is 0.355. The van der Waals surface area contributed by atoms with E-state index in [0.717, 1.165) is 16.8 Å². The van der Waals surface area contributed by atoms with Crippen molar-refractivity contribution in [1.82, 2.24) is 19.7 Å². The maximum Gasteiger partial charge on any atom is 0.414 e. The van der Waals surface area contributed by atoms with E-state index in [2.05, 4.69) is 9.97 Å². The number of hydrogen-bond donors (Lipinski definition) is 1. The van der Waals surface area contributed by atoms with Crippen molar-refractivity contribution in [3.8, 4) is 11.3 Å². The molecule has 1 aliphatic rings. The summed E-state index contributed by atoms with van der Waals surface area (Å²) in [6.07, 6.45) is 1.69.